The lowest BCUT2D eigenvalue weighted by atomic mass is 10.1. The quantitative estimate of drug-likeness (QED) is 0.550. The maximum absolute atomic E-state index is 12.9. The van der Waals surface area contributed by atoms with Gasteiger partial charge in [0, 0.05) is 12.5 Å². The number of nitrogens with zero attached hydrogens (tertiary/aromatic N) is 6. The van der Waals surface area contributed by atoms with Crippen LogP contribution in [0.4, 0.5) is 5.95 Å². The molecule has 0 saturated heterocycles. The van der Waals surface area contributed by atoms with E-state index < -0.39 is 0 Å². The zero-order valence-electron chi connectivity index (χ0n) is 18.7. The smallest absolute Gasteiger partial charge is 0.255 e. The molecule has 5 rings (SSSR count). The van der Waals surface area contributed by atoms with Gasteiger partial charge in [0.2, 0.25) is 5.95 Å². The zero-order valence-corrected chi connectivity index (χ0v) is 19.5. The predicted octanol–water partition coefficient (Wildman–Crippen LogP) is 2.37. The number of nitrogen functional groups attached to an aromatic ring is 1. The van der Waals surface area contributed by atoms with Crippen molar-refractivity contribution in [3.63, 3.8) is 0 Å². The molecular formula is C23H23N7O3S. The van der Waals surface area contributed by atoms with Gasteiger partial charge in [0.05, 0.1) is 36.8 Å². The van der Waals surface area contributed by atoms with E-state index in [9.17, 15) is 4.79 Å². The van der Waals surface area contributed by atoms with E-state index in [1.807, 2.05) is 30.4 Å². The van der Waals surface area contributed by atoms with Crippen LogP contribution in [0.1, 0.15) is 17.8 Å². The Morgan fingerprint density at radius 1 is 1.21 bits per heavy atom. The number of thioether (sulfide) groups is 1. The maximum Gasteiger partial charge on any atom is 0.255 e. The molecule has 1 aliphatic heterocycles. The van der Waals surface area contributed by atoms with Gasteiger partial charge in [-0.3, -0.25) is 9.36 Å². The number of benzene rings is 1. The van der Waals surface area contributed by atoms with Crippen LogP contribution >= 0.6 is 11.8 Å². The van der Waals surface area contributed by atoms with Gasteiger partial charge in [0.15, 0.2) is 17.3 Å². The van der Waals surface area contributed by atoms with E-state index in [1.165, 1.54) is 21.6 Å². The lowest BCUT2D eigenvalue weighted by molar-refractivity contribution is 0.354. The summed E-state index contributed by atoms with van der Waals surface area (Å²) >= 11 is 1.69. The number of hydrogen-bond donors (Lipinski definition) is 1. The van der Waals surface area contributed by atoms with Crippen LogP contribution in [0.5, 0.6) is 11.5 Å². The average Bonchev–Trinajstić information content (AvgIpc) is 3.42. The van der Waals surface area contributed by atoms with Crippen LogP contribution in [-0.2, 0) is 13.0 Å². The number of nitrogens with two attached hydrogens (primary N) is 1. The monoisotopic (exact) mass is 477 g/mol. The van der Waals surface area contributed by atoms with Crippen molar-refractivity contribution in [3.05, 3.63) is 76.3 Å². The normalized spacial score (nSPS) is 16.7. The minimum atomic E-state index is -0.207. The van der Waals surface area contributed by atoms with Crippen molar-refractivity contribution in [2.24, 2.45) is 4.99 Å². The SMILES string of the molecule is COc1ccc(Cc2nc(N)nn2-c2cc(=O)n(CC3=NC4=CC=CCC4S3)cn2)cc1OC. The molecule has 2 aliphatic rings. The summed E-state index contributed by atoms with van der Waals surface area (Å²) in [6, 6.07) is 7.02. The van der Waals surface area contributed by atoms with Gasteiger partial charge in [-0.05, 0) is 30.2 Å². The van der Waals surface area contributed by atoms with E-state index in [-0.39, 0.29) is 11.5 Å². The number of aromatic nitrogens is 5. The summed E-state index contributed by atoms with van der Waals surface area (Å²) in [7, 11) is 3.17. The summed E-state index contributed by atoms with van der Waals surface area (Å²) < 4.78 is 13.7. The number of methoxy groups -OCH3 is 2. The van der Waals surface area contributed by atoms with E-state index in [1.54, 1.807) is 26.0 Å². The Hall–Kier alpha value is -3.86. The summed E-state index contributed by atoms with van der Waals surface area (Å²) in [4.78, 5) is 26.3. The minimum absolute atomic E-state index is 0.0997. The number of hydrogen-bond acceptors (Lipinski definition) is 9. The summed E-state index contributed by atoms with van der Waals surface area (Å²) in [5.74, 6) is 2.24. The lowest BCUT2D eigenvalue weighted by Gasteiger charge is -2.11. The third kappa shape index (κ3) is 4.34. The highest BCUT2D eigenvalue weighted by Crippen LogP contribution is 2.35. The molecule has 0 bridgehead atoms. The highest BCUT2D eigenvalue weighted by Gasteiger charge is 2.25. The van der Waals surface area contributed by atoms with Crippen LogP contribution in [0.15, 0.2) is 64.3 Å². The van der Waals surface area contributed by atoms with E-state index >= 15 is 0 Å². The van der Waals surface area contributed by atoms with Gasteiger partial charge in [0.1, 0.15) is 12.2 Å². The molecule has 1 aliphatic carbocycles. The first-order valence-corrected chi connectivity index (χ1v) is 11.5. The molecular weight excluding hydrogens is 454 g/mol. The van der Waals surface area contributed by atoms with Gasteiger partial charge in [-0.2, -0.15) is 9.67 Å². The van der Waals surface area contributed by atoms with Crippen LogP contribution in [0.25, 0.3) is 5.82 Å². The fraction of sp³-hybridized carbons (Fsp3) is 0.261. The Morgan fingerprint density at radius 3 is 2.82 bits per heavy atom. The summed E-state index contributed by atoms with van der Waals surface area (Å²) in [5.41, 5.74) is 7.64. The van der Waals surface area contributed by atoms with Crippen LogP contribution in [0.3, 0.4) is 0 Å². The molecule has 3 heterocycles. The summed E-state index contributed by atoms with van der Waals surface area (Å²) in [6.45, 7) is 0.378. The number of rotatable bonds is 7. The minimum Gasteiger partial charge on any atom is -0.493 e. The number of allylic oxidation sites excluding steroid dienone is 3. The Labute approximate surface area is 199 Å². The molecule has 0 saturated carbocycles. The largest absolute Gasteiger partial charge is 0.493 e. The third-order valence-electron chi connectivity index (χ3n) is 5.50. The standard InChI is InChI=1S/C23H23N7O3S/c1-32-16-8-7-14(9-17(16)33-2)10-20-27-23(24)28-30(20)19-11-22(31)29(13-25-19)12-21-26-15-5-3-4-6-18(15)34-21/h3-5,7-9,11,13,18H,6,10,12H2,1-2H3,(H2,24,28). The molecule has 2 N–H and O–H groups in total. The van der Waals surface area contributed by atoms with E-state index in [2.05, 4.69) is 26.1 Å². The second kappa shape index (κ2) is 9.18. The number of ether oxygens (including phenoxy) is 2. The van der Waals surface area contributed by atoms with Crippen molar-refractivity contribution in [1.29, 1.82) is 0 Å². The van der Waals surface area contributed by atoms with Gasteiger partial charge in [-0.15, -0.1) is 5.10 Å². The Morgan fingerprint density at radius 2 is 2.06 bits per heavy atom. The molecule has 174 valence electrons. The fourth-order valence-corrected chi connectivity index (χ4v) is 5.01. The second-order valence-corrected chi connectivity index (χ2v) is 9.02. The molecule has 2 aromatic heterocycles. The molecule has 1 aromatic carbocycles. The third-order valence-corrected chi connectivity index (χ3v) is 6.71. The van der Waals surface area contributed by atoms with Gasteiger partial charge in [-0.25, -0.2) is 9.98 Å². The van der Waals surface area contributed by atoms with Gasteiger partial charge < -0.3 is 15.2 Å². The summed E-state index contributed by atoms with van der Waals surface area (Å²) in [5, 5.41) is 5.48. The van der Waals surface area contributed by atoms with E-state index in [4.69, 9.17) is 15.2 Å². The Bertz CT molecular complexity index is 1390. The fourth-order valence-electron chi connectivity index (χ4n) is 3.85. The molecule has 0 fully saturated rings. The van der Waals surface area contributed by atoms with Crippen molar-refractivity contribution < 1.29 is 9.47 Å². The molecule has 34 heavy (non-hydrogen) atoms. The highest BCUT2D eigenvalue weighted by atomic mass is 32.2. The number of aliphatic imine (C=N–C) groups is 1. The van der Waals surface area contributed by atoms with E-state index in [0.29, 0.717) is 41.4 Å². The Balaban J connectivity index is 1.38. The molecule has 11 heteroatoms. The summed E-state index contributed by atoms with van der Waals surface area (Å²) in [6.07, 6.45) is 9.04. The maximum atomic E-state index is 12.9. The van der Waals surface area contributed by atoms with Gasteiger partial charge in [-0.1, -0.05) is 30.0 Å². The van der Waals surface area contributed by atoms with Crippen LogP contribution in [0, 0.1) is 0 Å². The Kier molecular flexibility index (Phi) is 5.93. The predicted molar refractivity (Wildman–Crippen MR) is 131 cm³/mol. The van der Waals surface area contributed by atoms with E-state index in [0.717, 1.165) is 22.7 Å². The van der Waals surface area contributed by atoms with Crippen molar-refractivity contribution in [2.75, 3.05) is 20.0 Å². The van der Waals surface area contributed by atoms with Gasteiger partial charge >= 0.3 is 0 Å². The molecule has 1 unspecified atom stereocenters. The van der Waals surface area contributed by atoms with Crippen LogP contribution < -0.4 is 20.8 Å². The molecule has 3 aromatic rings. The van der Waals surface area contributed by atoms with Crippen LogP contribution in [-0.4, -0.2) is 48.8 Å². The second-order valence-electron chi connectivity index (χ2n) is 7.74. The van der Waals surface area contributed by atoms with Crippen molar-refractivity contribution >= 4 is 22.8 Å². The molecule has 0 spiro atoms. The topological polar surface area (TPSA) is 122 Å². The van der Waals surface area contributed by atoms with Crippen molar-refractivity contribution in [1.82, 2.24) is 24.3 Å². The first-order valence-electron chi connectivity index (χ1n) is 10.6. The molecule has 0 amide bonds. The van der Waals surface area contributed by atoms with Crippen molar-refractivity contribution in [2.45, 2.75) is 24.6 Å². The first kappa shape index (κ1) is 22.0. The van der Waals surface area contributed by atoms with Crippen LogP contribution in [0.2, 0.25) is 0 Å². The lowest BCUT2D eigenvalue weighted by Crippen LogP contribution is -2.24. The van der Waals surface area contributed by atoms with Crippen molar-refractivity contribution in [3.8, 4) is 17.3 Å². The molecule has 1 atom stereocenters. The first-order chi connectivity index (χ1) is 16.5. The molecule has 0 radical (unpaired) electrons. The highest BCUT2D eigenvalue weighted by molar-refractivity contribution is 8.15. The number of anilines is 1. The number of fused-ring (bicyclic) bond motifs is 1. The average molecular weight is 478 g/mol. The van der Waals surface area contributed by atoms with Gasteiger partial charge in [0.25, 0.3) is 5.56 Å². The molecule has 10 nitrogen and oxygen atoms in total. The zero-order chi connectivity index (χ0) is 23.7.